The maximum atomic E-state index is 12.7. The standard InChI is InChI=1S/C30H30N4O3/c1-2-3-4-8-17-36-27-15-13-23(14-16-27)29-25(22-34(33-29)26-10-6-5-7-11-26)19-24(20-31)30(35)32-21-28-12-9-18-37-28/h5-7,9-16,18-19,22H,2-4,8,17,21H2,1H3,(H,32,35)/b24-19+. The van der Waals surface area contributed by atoms with Crippen LogP contribution in [-0.2, 0) is 11.3 Å². The average molecular weight is 495 g/mol. The Morgan fingerprint density at radius 2 is 1.89 bits per heavy atom. The number of rotatable bonds is 12. The summed E-state index contributed by atoms with van der Waals surface area (Å²) in [4.78, 5) is 12.7. The highest BCUT2D eigenvalue weighted by atomic mass is 16.5. The minimum atomic E-state index is -0.482. The van der Waals surface area contributed by atoms with Crippen molar-refractivity contribution < 1.29 is 13.9 Å². The number of para-hydroxylation sites is 1. The molecule has 0 unspecified atom stereocenters. The van der Waals surface area contributed by atoms with Crippen molar-refractivity contribution in [2.24, 2.45) is 0 Å². The fraction of sp³-hybridized carbons (Fsp3) is 0.233. The molecule has 0 bridgehead atoms. The van der Waals surface area contributed by atoms with Crippen LogP contribution in [0.3, 0.4) is 0 Å². The summed E-state index contributed by atoms with van der Waals surface area (Å²) in [5.74, 6) is 0.926. The maximum Gasteiger partial charge on any atom is 0.262 e. The van der Waals surface area contributed by atoms with Gasteiger partial charge in [-0.2, -0.15) is 10.4 Å². The molecule has 1 N–H and O–H groups in total. The van der Waals surface area contributed by atoms with E-state index in [1.54, 1.807) is 22.9 Å². The minimum absolute atomic E-state index is 0.0209. The molecule has 0 saturated carbocycles. The van der Waals surface area contributed by atoms with Crippen LogP contribution in [0.4, 0.5) is 0 Å². The van der Waals surface area contributed by atoms with Crippen LogP contribution in [0, 0.1) is 11.3 Å². The van der Waals surface area contributed by atoms with Crippen LogP contribution in [-0.4, -0.2) is 22.3 Å². The molecule has 4 rings (SSSR count). The molecule has 0 radical (unpaired) electrons. The number of carbonyl (C=O) groups is 1. The number of nitrogens with zero attached hydrogens (tertiary/aromatic N) is 3. The minimum Gasteiger partial charge on any atom is -0.494 e. The van der Waals surface area contributed by atoms with E-state index in [-0.39, 0.29) is 12.1 Å². The molecule has 0 aliphatic carbocycles. The van der Waals surface area contributed by atoms with Crippen molar-refractivity contribution in [3.8, 4) is 28.8 Å². The van der Waals surface area contributed by atoms with Gasteiger partial charge >= 0.3 is 0 Å². The molecule has 0 aliphatic heterocycles. The Labute approximate surface area is 217 Å². The zero-order chi connectivity index (χ0) is 25.9. The van der Waals surface area contributed by atoms with Crippen molar-refractivity contribution >= 4 is 12.0 Å². The van der Waals surface area contributed by atoms with Gasteiger partial charge in [-0.25, -0.2) is 4.68 Å². The number of nitrogens with one attached hydrogen (secondary N) is 1. The van der Waals surface area contributed by atoms with E-state index in [4.69, 9.17) is 14.3 Å². The molecule has 188 valence electrons. The largest absolute Gasteiger partial charge is 0.494 e. The van der Waals surface area contributed by atoms with Gasteiger partial charge < -0.3 is 14.5 Å². The van der Waals surface area contributed by atoms with Gasteiger partial charge in [0.05, 0.1) is 30.8 Å². The van der Waals surface area contributed by atoms with E-state index < -0.39 is 5.91 Å². The summed E-state index contributed by atoms with van der Waals surface area (Å²) in [7, 11) is 0. The zero-order valence-electron chi connectivity index (χ0n) is 20.9. The number of carbonyl (C=O) groups excluding carboxylic acids is 1. The van der Waals surface area contributed by atoms with Gasteiger partial charge in [0, 0.05) is 17.3 Å². The Bertz CT molecular complexity index is 1350. The first-order chi connectivity index (χ1) is 18.2. The number of hydrogen-bond donors (Lipinski definition) is 1. The molecular weight excluding hydrogens is 464 g/mol. The summed E-state index contributed by atoms with van der Waals surface area (Å²) in [6.07, 6.45) is 9.53. The van der Waals surface area contributed by atoms with Crippen LogP contribution in [0.5, 0.6) is 5.75 Å². The Kier molecular flexibility index (Phi) is 8.92. The van der Waals surface area contributed by atoms with Crippen LogP contribution in [0.25, 0.3) is 23.0 Å². The van der Waals surface area contributed by atoms with Crippen molar-refractivity contribution in [1.29, 1.82) is 5.26 Å². The number of benzene rings is 2. The van der Waals surface area contributed by atoms with E-state index in [1.807, 2.05) is 66.9 Å². The van der Waals surface area contributed by atoms with Crippen LogP contribution in [0.2, 0.25) is 0 Å². The fourth-order valence-electron chi connectivity index (χ4n) is 3.84. The number of aromatic nitrogens is 2. The number of hydrogen-bond acceptors (Lipinski definition) is 5. The Hall–Kier alpha value is -4.57. The quantitative estimate of drug-likeness (QED) is 0.141. The third-order valence-electron chi connectivity index (χ3n) is 5.83. The molecule has 4 aromatic rings. The van der Waals surface area contributed by atoms with E-state index in [2.05, 4.69) is 12.2 Å². The van der Waals surface area contributed by atoms with Crippen LogP contribution < -0.4 is 10.1 Å². The number of ether oxygens (including phenoxy) is 1. The topological polar surface area (TPSA) is 93.1 Å². The molecule has 0 spiro atoms. The van der Waals surface area contributed by atoms with E-state index in [0.29, 0.717) is 23.6 Å². The lowest BCUT2D eigenvalue weighted by Crippen LogP contribution is -2.23. The SMILES string of the molecule is CCCCCCOc1ccc(-c2nn(-c3ccccc3)cc2/C=C(\C#N)C(=O)NCc2ccco2)cc1. The zero-order valence-corrected chi connectivity index (χ0v) is 20.9. The highest BCUT2D eigenvalue weighted by molar-refractivity contribution is 6.02. The van der Waals surface area contributed by atoms with Crippen LogP contribution >= 0.6 is 0 Å². The van der Waals surface area contributed by atoms with Gasteiger partial charge in [0.1, 0.15) is 23.2 Å². The first-order valence-electron chi connectivity index (χ1n) is 12.5. The maximum absolute atomic E-state index is 12.7. The average Bonchev–Trinajstić information content (AvgIpc) is 3.61. The third-order valence-corrected chi connectivity index (χ3v) is 5.83. The molecule has 7 nitrogen and oxygen atoms in total. The van der Waals surface area contributed by atoms with Gasteiger partial charge in [0.15, 0.2) is 0 Å². The highest BCUT2D eigenvalue weighted by Crippen LogP contribution is 2.27. The van der Waals surface area contributed by atoms with E-state index in [9.17, 15) is 10.1 Å². The van der Waals surface area contributed by atoms with Crippen molar-refractivity contribution in [2.75, 3.05) is 6.61 Å². The molecule has 2 aromatic heterocycles. The predicted molar refractivity (Wildman–Crippen MR) is 143 cm³/mol. The molecule has 1 amide bonds. The molecule has 0 aliphatic rings. The van der Waals surface area contributed by atoms with Gasteiger partial charge in [0.2, 0.25) is 0 Å². The summed E-state index contributed by atoms with van der Waals surface area (Å²) in [6.45, 7) is 3.07. The van der Waals surface area contributed by atoms with Gasteiger partial charge in [-0.3, -0.25) is 4.79 Å². The summed E-state index contributed by atoms with van der Waals surface area (Å²) < 4.78 is 12.9. The van der Waals surface area contributed by atoms with Crippen LogP contribution in [0.1, 0.15) is 43.9 Å². The van der Waals surface area contributed by atoms with E-state index >= 15 is 0 Å². The molecule has 7 heteroatoms. The molecule has 0 saturated heterocycles. The number of unbranched alkanes of at least 4 members (excludes halogenated alkanes) is 3. The summed E-state index contributed by atoms with van der Waals surface area (Å²) in [6, 6.07) is 22.9. The van der Waals surface area contributed by atoms with Crippen molar-refractivity contribution in [2.45, 2.75) is 39.2 Å². The van der Waals surface area contributed by atoms with Crippen molar-refractivity contribution in [3.63, 3.8) is 0 Å². The van der Waals surface area contributed by atoms with Gasteiger partial charge in [-0.05, 0) is 61.0 Å². The van der Waals surface area contributed by atoms with E-state index in [0.717, 1.165) is 29.8 Å². The molecule has 0 fully saturated rings. The Balaban J connectivity index is 1.58. The van der Waals surface area contributed by atoms with Gasteiger partial charge in [-0.15, -0.1) is 0 Å². The molecule has 2 aromatic carbocycles. The first-order valence-corrected chi connectivity index (χ1v) is 12.5. The highest BCUT2D eigenvalue weighted by Gasteiger charge is 2.15. The first kappa shape index (κ1) is 25.5. The lowest BCUT2D eigenvalue weighted by Gasteiger charge is -2.07. The molecule has 37 heavy (non-hydrogen) atoms. The summed E-state index contributed by atoms with van der Waals surface area (Å²) in [5.41, 5.74) is 3.02. The molecule has 2 heterocycles. The second kappa shape index (κ2) is 12.9. The number of nitriles is 1. The monoisotopic (exact) mass is 494 g/mol. The number of amides is 1. The van der Waals surface area contributed by atoms with Crippen molar-refractivity contribution in [1.82, 2.24) is 15.1 Å². The second-order valence-electron chi connectivity index (χ2n) is 8.58. The summed E-state index contributed by atoms with van der Waals surface area (Å²) in [5, 5.41) is 17.2. The Morgan fingerprint density at radius 3 is 2.59 bits per heavy atom. The lowest BCUT2D eigenvalue weighted by molar-refractivity contribution is -0.117. The summed E-state index contributed by atoms with van der Waals surface area (Å²) >= 11 is 0. The normalized spacial score (nSPS) is 11.2. The number of furan rings is 1. The van der Waals surface area contributed by atoms with Crippen LogP contribution in [0.15, 0.2) is 89.2 Å². The lowest BCUT2D eigenvalue weighted by atomic mass is 10.1. The fourth-order valence-corrected chi connectivity index (χ4v) is 3.84. The third kappa shape index (κ3) is 6.98. The molecular formula is C30H30N4O3. The smallest absolute Gasteiger partial charge is 0.262 e. The molecule has 0 atom stereocenters. The Morgan fingerprint density at radius 1 is 1.08 bits per heavy atom. The van der Waals surface area contributed by atoms with Gasteiger partial charge in [-0.1, -0.05) is 44.4 Å². The van der Waals surface area contributed by atoms with Gasteiger partial charge in [0.25, 0.3) is 5.91 Å². The van der Waals surface area contributed by atoms with E-state index in [1.165, 1.54) is 19.1 Å². The second-order valence-corrected chi connectivity index (χ2v) is 8.58. The predicted octanol–water partition coefficient (Wildman–Crippen LogP) is 6.31. The van der Waals surface area contributed by atoms with Crippen molar-refractivity contribution in [3.05, 3.63) is 96.1 Å².